The van der Waals surface area contributed by atoms with E-state index in [1.807, 2.05) is 29.8 Å². The molecule has 1 aliphatic heterocycles. The first-order valence-electron chi connectivity index (χ1n) is 7.58. The number of hydrogen-bond donors (Lipinski definition) is 1. The summed E-state index contributed by atoms with van der Waals surface area (Å²) in [6, 6.07) is 5.83. The molecule has 5 nitrogen and oxygen atoms in total. The highest BCUT2D eigenvalue weighted by Gasteiger charge is 2.17. The van der Waals surface area contributed by atoms with E-state index in [1.54, 1.807) is 6.33 Å². The third-order valence-corrected chi connectivity index (χ3v) is 4.10. The first kappa shape index (κ1) is 14.1. The first-order valence-corrected chi connectivity index (χ1v) is 7.58. The molecule has 1 N–H and O–H groups in total. The topological polar surface area (TPSA) is 50.2 Å². The average Bonchev–Trinajstić information content (AvgIpc) is 3.09. The van der Waals surface area contributed by atoms with Gasteiger partial charge >= 0.3 is 0 Å². The van der Waals surface area contributed by atoms with Gasteiger partial charge in [0.1, 0.15) is 0 Å². The van der Waals surface area contributed by atoms with Crippen molar-refractivity contribution in [3.8, 4) is 0 Å². The van der Waals surface area contributed by atoms with Crippen LogP contribution in [0.5, 0.6) is 0 Å². The van der Waals surface area contributed by atoms with Crippen molar-refractivity contribution in [2.45, 2.75) is 25.8 Å². The molecular formula is C16H22N4O. The van der Waals surface area contributed by atoms with Crippen LogP contribution in [0.2, 0.25) is 0 Å². The Balaban J connectivity index is 1.65. The van der Waals surface area contributed by atoms with Gasteiger partial charge in [-0.2, -0.15) is 0 Å². The van der Waals surface area contributed by atoms with Crippen LogP contribution in [-0.4, -0.2) is 46.0 Å². The first-order chi connectivity index (χ1) is 10.1. The zero-order chi connectivity index (χ0) is 14.8. The van der Waals surface area contributed by atoms with Crippen molar-refractivity contribution in [3.63, 3.8) is 0 Å². The lowest BCUT2D eigenvalue weighted by Gasteiger charge is -2.21. The molecule has 1 aromatic heterocycles. The van der Waals surface area contributed by atoms with Crippen LogP contribution in [-0.2, 0) is 7.05 Å². The molecule has 0 unspecified atom stereocenters. The molecule has 0 bridgehead atoms. The molecule has 0 saturated carbocycles. The number of fused-ring (bicyclic) bond motifs is 1. The lowest BCUT2D eigenvalue weighted by Crippen LogP contribution is -2.41. The predicted octanol–water partition coefficient (Wildman–Crippen LogP) is 1.79. The molecule has 1 fully saturated rings. The standard InChI is InChI=1S/C16H22N4O/c1-12(10-20-7-3-4-8-20)18-16(21)13-5-6-15-14(9-13)17-11-19(15)2/h5-6,9,11-12H,3-4,7-8,10H2,1-2H3,(H,18,21)/t12-/m0/s1. The summed E-state index contributed by atoms with van der Waals surface area (Å²) < 4.78 is 1.95. The molecule has 5 heteroatoms. The van der Waals surface area contributed by atoms with E-state index in [0.717, 1.165) is 30.7 Å². The molecule has 2 heterocycles. The monoisotopic (exact) mass is 286 g/mol. The normalized spacial score (nSPS) is 17.2. The number of imidazole rings is 1. The largest absolute Gasteiger partial charge is 0.348 e. The SMILES string of the molecule is C[C@@H](CN1CCCC1)NC(=O)c1ccc2c(c1)ncn2C. The van der Waals surface area contributed by atoms with Gasteiger partial charge in [0.05, 0.1) is 17.4 Å². The summed E-state index contributed by atoms with van der Waals surface area (Å²) in [5, 5.41) is 3.08. The molecule has 1 atom stereocenters. The highest BCUT2D eigenvalue weighted by molar-refractivity contribution is 5.97. The Morgan fingerprint density at radius 3 is 2.90 bits per heavy atom. The fourth-order valence-corrected chi connectivity index (χ4v) is 2.98. The van der Waals surface area contributed by atoms with Crippen LogP contribution in [0.15, 0.2) is 24.5 Å². The van der Waals surface area contributed by atoms with Crippen molar-refractivity contribution in [2.75, 3.05) is 19.6 Å². The number of benzene rings is 1. The Hall–Kier alpha value is -1.88. The van der Waals surface area contributed by atoms with Gasteiger partial charge in [-0.05, 0) is 51.1 Å². The van der Waals surface area contributed by atoms with Gasteiger partial charge in [-0.25, -0.2) is 4.98 Å². The maximum absolute atomic E-state index is 12.3. The van der Waals surface area contributed by atoms with Crippen molar-refractivity contribution in [1.82, 2.24) is 19.8 Å². The van der Waals surface area contributed by atoms with Gasteiger partial charge < -0.3 is 14.8 Å². The van der Waals surface area contributed by atoms with E-state index >= 15 is 0 Å². The molecule has 0 spiro atoms. The highest BCUT2D eigenvalue weighted by atomic mass is 16.1. The number of amides is 1. The molecule has 1 aliphatic rings. The van der Waals surface area contributed by atoms with Crippen LogP contribution >= 0.6 is 0 Å². The van der Waals surface area contributed by atoms with Gasteiger partial charge in [0.2, 0.25) is 0 Å². The van der Waals surface area contributed by atoms with Gasteiger partial charge in [0.15, 0.2) is 0 Å². The fourth-order valence-electron chi connectivity index (χ4n) is 2.98. The second-order valence-electron chi connectivity index (χ2n) is 5.94. The van der Waals surface area contributed by atoms with Crippen molar-refractivity contribution >= 4 is 16.9 Å². The Morgan fingerprint density at radius 2 is 2.14 bits per heavy atom. The summed E-state index contributed by atoms with van der Waals surface area (Å²) >= 11 is 0. The molecule has 0 aliphatic carbocycles. The van der Waals surface area contributed by atoms with Crippen molar-refractivity contribution in [2.24, 2.45) is 7.05 Å². The van der Waals surface area contributed by atoms with E-state index in [9.17, 15) is 4.79 Å². The molecular weight excluding hydrogens is 264 g/mol. The molecule has 1 saturated heterocycles. The highest BCUT2D eigenvalue weighted by Crippen LogP contribution is 2.14. The summed E-state index contributed by atoms with van der Waals surface area (Å²) in [7, 11) is 1.95. The van der Waals surface area contributed by atoms with E-state index in [4.69, 9.17) is 0 Å². The molecule has 3 rings (SSSR count). The number of carbonyl (C=O) groups is 1. The Morgan fingerprint density at radius 1 is 1.38 bits per heavy atom. The molecule has 112 valence electrons. The van der Waals surface area contributed by atoms with E-state index in [1.165, 1.54) is 12.8 Å². The molecule has 21 heavy (non-hydrogen) atoms. The van der Waals surface area contributed by atoms with E-state index < -0.39 is 0 Å². The summed E-state index contributed by atoms with van der Waals surface area (Å²) in [5.41, 5.74) is 2.57. The molecule has 1 aromatic carbocycles. The molecule has 2 aromatic rings. The number of likely N-dealkylation sites (tertiary alicyclic amines) is 1. The fraction of sp³-hybridized carbons (Fsp3) is 0.500. The Kier molecular flexibility index (Phi) is 3.92. The van der Waals surface area contributed by atoms with E-state index in [0.29, 0.717) is 5.56 Å². The minimum absolute atomic E-state index is 0.0192. The Bertz CT molecular complexity index is 643. The van der Waals surface area contributed by atoms with Crippen LogP contribution in [0.3, 0.4) is 0 Å². The lowest BCUT2D eigenvalue weighted by atomic mass is 10.1. The third kappa shape index (κ3) is 3.08. The minimum atomic E-state index is -0.0192. The van der Waals surface area contributed by atoms with Crippen LogP contribution in [0.4, 0.5) is 0 Å². The van der Waals surface area contributed by atoms with Crippen LogP contribution in [0.1, 0.15) is 30.1 Å². The quantitative estimate of drug-likeness (QED) is 0.932. The predicted molar refractivity (Wildman–Crippen MR) is 83.3 cm³/mol. The molecule has 0 radical (unpaired) electrons. The van der Waals surface area contributed by atoms with E-state index in [2.05, 4.69) is 22.1 Å². The smallest absolute Gasteiger partial charge is 0.251 e. The summed E-state index contributed by atoms with van der Waals surface area (Å²) in [6.07, 6.45) is 4.32. The van der Waals surface area contributed by atoms with Gasteiger partial charge in [-0.1, -0.05) is 0 Å². The number of aromatic nitrogens is 2. The van der Waals surface area contributed by atoms with Crippen LogP contribution in [0, 0.1) is 0 Å². The summed E-state index contributed by atoms with van der Waals surface area (Å²) in [4.78, 5) is 19.0. The van der Waals surface area contributed by atoms with Gasteiger partial charge in [-0.15, -0.1) is 0 Å². The van der Waals surface area contributed by atoms with Crippen LogP contribution in [0.25, 0.3) is 11.0 Å². The maximum atomic E-state index is 12.3. The minimum Gasteiger partial charge on any atom is -0.348 e. The summed E-state index contributed by atoms with van der Waals surface area (Å²) in [6.45, 7) is 5.30. The van der Waals surface area contributed by atoms with E-state index in [-0.39, 0.29) is 11.9 Å². The third-order valence-electron chi connectivity index (χ3n) is 4.10. The average molecular weight is 286 g/mol. The van der Waals surface area contributed by atoms with Gasteiger partial charge in [-0.3, -0.25) is 4.79 Å². The van der Waals surface area contributed by atoms with Crippen molar-refractivity contribution in [3.05, 3.63) is 30.1 Å². The summed E-state index contributed by atoms with van der Waals surface area (Å²) in [5.74, 6) is -0.0192. The Labute approximate surface area is 125 Å². The molecule has 1 amide bonds. The number of hydrogen-bond acceptors (Lipinski definition) is 3. The van der Waals surface area contributed by atoms with Gasteiger partial charge in [0.25, 0.3) is 5.91 Å². The number of nitrogens with zero attached hydrogens (tertiary/aromatic N) is 3. The van der Waals surface area contributed by atoms with Crippen molar-refractivity contribution in [1.29, 1.82) is 0 Å². The zero-order valence-electron chi connectivity index (χ0n) is 12.7. The van der Waals surface area contributed by atoms with Gasteiger partial charge in [0, 0.05) is 25.2 Å². The second-order valence-corrected chi connectivity index (χ2v) is 5.94. The number of rotatable bonds is 4. The number of nitrogens with one attached hydrogen (secondary N) is 1. The number of carbonyl (C=O) groups excluding carboxylic acids is 1. The maximum Gasteiger partial charge on any atom is 0.251 e. The van der Waals surface area contributed by atoms with Crippen molar-refractivity contribution < 1.29 is 4.79 Å². The zero-order valence-corrected chi connectivity index (χ0v) is 12.7. The van der Waals surface area contributed by atoms with Crippen LogP contribution < -0.4 is 5.32 Å². The lowest BCUT2D eigenvalue weighted by molar-refractivity contribution is 0.0932. The second kappa shape index (κ2) is 5.85. The number of aryl methyl sites for hydroxylation is 1.